The van der Waals surface area contributed by atoms with E-state index in [1.807, 2.05) is 0 Å². The van der Waals surface area contributed by atoms with Gasteiger partial charge in [-0.15, -0.1) is 0 Å². The second kappa shape index (κ2) is 52.3. The maximum atomic E-state index is 12.8. The summed E-state index contributed by atoms with van der Waals surface area (Å²) in [7, 11) is 0. The Balaban J connectivity index is 4.27. The number of allylic oxidation sites excluding steroid dienone is 6. The second-order valence-electron chi connectivity index (χ2n) is 18.5. The highest BCUT2D eigenvalue weighted by Crippen LogP contribution is 2.16. The van der Waals surface area contributed by atoms with E-state index in [4.69, 9.17) is 14.2 Å². The van der Waals surface area contributed by atoms with E-state index in [1.165, 1.54) is 161 Å². The number of rotatable bonds is 50. The fourth-order valence-corrected chi connectivity index (χ4v) is 7.95. The third-order valence-electron chi connectivity index (χ3n) is 12.1. The monoisotopic (exact) mass is 885 g/mol. The topological polar surface area (TPSA) is 78.9 Å². The minimum atomic E-state index is -0.776. The Hall–Kier alpha value is -2.37. The Labute approximate surface area is 391 Å². The number of esters is 3. The van der Waals surface area contributed by atoms with Crippen LogP contribution in [-0.2, 0) is 28.6 Å². The molecule has 0 saturated heterocycles. The van der Waals surface area contributed by atoms with Gasteiger partial charge in [0.2, 0.25) is 0 Å². The van der Waals surface area contributed by atoms with Crippen LogP contribution in [0.2, 0.25) is 0 Å². The van der Waals surface area contributed by atoms with Gasteiger partial charge in [-0.05, 0) is 70.6 Å². The Bertz CT molecular complexity index is 1060. The summed E-state index contributed by atoms with van der Waals surface area (Å²) in [6, 6.07) is 0. The van der Waals surface area contributed by atoms with Gasteiger partial charge in [0.1, 0.15) is 13.2 Å². The average Bonchev–Trinajstić information content (AvgIpc) is 3.28. The predicted octanol–water partition coefficient (Wildman–Crippen LogP) is 18.1. The van der Waals surface area contributed by atoms with Crippen LogP contribution in [0.5, 0.6) is 0 Å². The quantitative estimate of drug-likeness (QED) is 0.0262. The first kappa shape index (κ1) is 60.6. The molecule has 6 nitrogen and oxygen atoms in total. The SMILES string of the molecule is CCC/C=C\C/C=C\CCCCCCCC(=O)OC(COC(=O)CCCCCCCCCCC/C=C\CCCCCCCCCC)COC(=O)CCCCCCCCCCCCC. The van der Waals surface area contributed by atoms with Gasteiger partial charge in [0.25, 0.3) is 0 Å². The third-order valence-corrected chi connectivity index (χ3v) is 12.1. The third kappa shape index (κ3) is 50.5. The van der Waals surface area contributed by atoms with Crippen molar-refractivity contribution < 1.29 is 28.6 Å². The van der Waals surface area contributed by atoms with Crippen molar-refractivity contribution in [1.82, 2.24) is 0 Å². The number of ether oxygens (including phenoxy) is 3. The normalized spacial score (nSPS) is 12.2. The van der Waals surface area contributed by atoms with Crippen molar-refractivity contribution in [3.05, 3.63) is 36.5 Å². The summed E-state index contributed by atoms with van der Waals surface area (Å²) in [5.74, 6) is -0.881. The zero-order valence-electron chi connectivity index (χ0n) is 42.1. The Morgan fingerprint density at radius 3 is 0.952 bits per heavy atom. The van der Waals surface area contributed by atoms with E-state index in [9.17, 15) is 14.4 Å². The highest BCUT2D eigenvalue weighted by atomic mass is 16.6. The molecule has 0 N–H and O–H groups in total. The van der Waals surface area contributed by atoms with E-state index in [-0.39, 0.29) is 31.1 Å². The lowest BCUT2D eigenvalue weighted by Crippen LogP contribution is -2.30. The minimum absolute atomic E-state index is 0.0755. The van der Waals surface area contributed by atoms with Crippen LogP contribution in [0.4, 0.5) is 0 Å². The second-order valence-corrected chi connectivity index (χ2v) is 18.5. The first-order chi connectivity index (χ1) is 31.0. The van der Waals surface area contributed by atoms with Crippen LogP contribution in [0.25, 0.3) is 0 Å². The molecular weight excluding hydrogens is 781 g/mol. The van der Waals surface area contributed by atoms with Crippen molar-refractivity contribution in [1.29, 1.82) is 0 Å². The number of carbonyl (C=O) groups excluding carboxylic acids is 3. The standard InChI is InChI=1S/C57H104O6/c1-4-7-10-13-16-19-22-24-25-26-27-28-29-30-31-33-35-38-41-44-47-50-56(59)62-53-54(52-61-55(58)49-46-43-40-37-34-21-18-15-12-9-6-3)63-57(60)51-48-45-42-39-36-32-23-20-17-14-11-8-5-2/h11,14,20,23,26-27,54H,4-10,12-13,15-19,21-22,24-25,28-53H2,1-3H3/b14-11-,23-20-,27-26-. The van der Waals surface area contributed by atoms with Gasteiger partial charge >= 0.3 is 17.9 Å². The molecule has 0 aromatic heterocycles. The molecule has 0 aliphatic rings. The Morgan fingerprint density at radius 1 is 0.317 bits per heavy atom. The summed E-state index contributed by atoms with van der Waals surface area (Å²) in [6.07, 6.45) is 61.4. The number of carbonyl (C=O) groups is 3. The van der Waals surface area contributed by atoms with Gasteiger partial charge in [0.05, 0.1) is 0 Å². The van der Waals surface area contributed by atoms with Crippen LogP contribution in [0.3, 0.4) is 0 Å². The van der Waals surface area contributed by atoms with E-state index in [0.29, 0.717) is 19.3 Å². The molecule has 6 heteroatoms. The Morgan fingerprint density at radius 2 is 0.603 bits per heavy atom. The molecule has 63 heavy (non-hydrogen) atoms. The molecule has 0 amide bonds. The summed E-state index contributed by atoms with van der Waals surface area (Å²) in [5, 5.41) is 0. The van der Waals surface area contributed by atoms with Crippen LogP contribution in [0, 0.1) is 0 Å². The molecule has 0 aromatic rings. The van der Waals surface area contributed by atoms with Crippen molar-refractivity contribution in [2.24, 2.45) is 0 Å². The highest BCUT2D eigenvalue weighted by Gasteiger charge is 2.19. The molecule has 1 unspecified atom stereocenters. The van der Waals surface area contributed by atoms with Crippen LogP contribution < -0.4 is 0 Å². The largest absolute Gasteiger partial charge is 0.462 e. The van der Waals surface area contributed by atoms with E-state index < -0.39 is 6.10 Å². The number of unbranched alkanes of at least 4 members (excludes halogenated alkanes) is 33. The van der Waals surface area contributed by atoms with Crippen LogP contribution in [0.1, 0.15) is 290 Å². The molecule has 368 valence electrons. The molecule has 0 fully saturated rings. The molecule has 0 spiro atoms. The Kier molecular flexibility index (Phi) is 50.3. The molecule has 0 aliphatic carbocycles. The van der Waals surface area contributed by atoms with Gasteiger partial charge in [0, 0.05) is 19.3 Å². The predicted molar refractivity (Wildman–Crippen MR) is 270 cm³/mol. The van der Waals surface area contributed by atoms with E-state index >= 15 is 0 Å². The molecule has 0 aromatic carbocycles. The first-order valence-corrected chi connectivity index (χ1v) is 27.5. The van der Waals surface area contributed by atoms with Crippen molar-refractivity contribution in [3.8, 4) is 0 Å². The molecule has 0 saturated carbocycles. The van der Waals surface area contributed by atoms with Gasteiger partial charge in [-0.3, -0.25) is 14.4 Å². The summed E-state index contributed by atoms with van der Waals surface area (Å²) < 4.78 is 16.8. The summed E-state index contributed by atoms with van der Waals surface area (Å²) in [5.41, 5.74) is 0. The van der Waals surface area contributed by atoms with Crippen molar-refractivity contribution in [3.63, 3.8) is 0 Å². The fourth-order valence-electron chi connectivity index (χ4n) is 7.95. The smallest absolute Gasteiger partial charge is 0.306 e. The maximum absolute atomic E-state index is 12.8. The van der Waals surface area contributed by atoms with E-state index in [0.717, 1.165) is 89.9 Å². The molecule has 0 aliphatic heterocycles. The zero-order chi connectivity index (χ0) is 45.8. The van der Waals surface area contributed by atoms with E-state index in [2.05, 4.69) is 57.2 Å². The van der Waals surface area contributed by atoms with Crippen LogP contribution >= 0.6 is 0 Å². The van der Waals surface area contributed by atoms with E-state index in [1.54, 1.807) is 0 Å². The lowest BCUT2D eigenvalue weighted by atomic mass is 10.1. The highest BCUT2D eigenvalue weighted by molar-refractivity contribution is 5.71. The molecule has 0 heterocycles. The van der Waals surface area contributed by atoms with Gasteiger partial charge < -0.3 is 14.2 Å². The van der Waals surface area contributed by atoms with Crippen LogP contribution in [-0.4, -0.2) is 37.2 Å². The minimum Gasteiger partial charge on any atom is -0.462 e. The molecule has 0 bridgehead atoms. The summed E-state index contributed by atoms with van der Waals surface area (Å²) >= 11 is 0. The lowest BCUT2D eigenvalue weighted by molar-refractivity contribution is -0.167. The average molecular weight is 885 g/mol. The summed E-state index contributed by atoms with van der Waals surface area (Å²) in [4.78, 5) is 38.0. The summed E-state index contributed by atoms with van der Waals surface area (Å²) in [6.45, 7) is 6.58. The van der Waals surface area contributed by atoms with Gasteiger partial charge in [-0.25, -0.2) is 0 Å². The fraction of sp³-hybridized carbons (Fsp3) is 0.842. The first-order valence-electron chi connectivity index (χ1n) is 27.5. The van der Waals surface area contributed by atoms with Gasteiger partial charge in [0.15, 0.2) is 6.10 Å². The van der Waals surface area contributed by atoms with Gasteiger partial charge in [-0.2, -0.15) is 0 Å². The van der Waals surface area contributed by atoms with Crippen molar-refractivity contribution in [2.45, 2.75) is 297 Å². The number of hydrogen-bond acceptors (Lipinski definition) is 6. The molecular formula is C57H104O6. The van der Waals surface area contributed by atoms with Gasteiger partial charge in [-0.1, -0.05) is 237 Å². The zero-order valence-corrected chi connectivity index (χ0v) is 42.1. The maximum Gasteiger partial charge on any atom is 0.306 e. The number of hydrogen-bond donors (Lipinski definition) is 0. The lowest BCUT2D eigenvalue weighted by Gasteiger charge is -2.18. The van der Waals surface area contributed by atoms with Crippen molar-refractivity contribution in [2.75, 3.05) is 13.2 Å². The van der Waals surface area contributed by atoms with Crippen molar-refractivity contribution >= 4 is 17.9 Å². The molecule has 0 radical (unpaired) electrons. The molecule has 0 rings (SSSR count). The van der Waals surface area contributed by atoms with Crippen LogP contribution in [0.15, 0.2) is 36.5 Å². The molecule has 1 atom stereocenters.